The zero-order chi connectivity index (χ0) is 11.2. The fourth-order valence-corrected chi connectivity index (χ4v) is 1.42. The summed E-state index contributed by atoms with van der Waals surface area (Å²) < 4.78 is 5.35. The Hall–Kier alpha value is -1.10. The van der Waals surface area contributed by atoms with Gasteiger partial charge in [-0.1, -0.05) is 30.3 Å². The zero-order valence-corrected chi connectivity index (χ0v) is 10.3. The lowest BCUT2D eigenvalue weighted by molar-refractivity contribution is -0.128. The third-order valence-electron chi connectivity index (χ3n) is 2.53. The smallest absolute Gasteiger partial charge is 0.246 e. The Balaban J connectivity index is 0.00000144. The van der Waals surface area contributed by atoms with Crippen LogP contribution in [-0.4, -0.2) is 31.7 Å². The molecule has 1 aliphatic rings. The number of nitrogens with one attached hydrogen (secondary N) is 2. The van der Waals surface area contributed by atoms with Crippen LogP contribution in [0.15, 0.2) is 30.3 Å². The first-order valence-electron chi connectivity index (χ1n) is 5.47. The van der Waals surface area contributed by atoms with Crippen LogP contribution in [0.25, 0.3) is 0 Å². The Morgan fingerprint density at radius 1 is 1.35 bits per heavy atom. The second-order valence-corrected chi connectivity index (χ2v) is 3.85. The van der Waals surface area contributed by atoms with Gasteiger partial charge in [0, 0.05) is 19.6 Å². The van der Waals surface area contributed by atoms with Crippen molar-refractivity contribution in [3.63, 3.8) is 0 Å². The van der Waals surface area contributed by atoms with Crippen LogP contribution in [0.1, 0.15) is 5.56 Å². The molecule has 0 aliphatic carbocycles. The molecule has 1 fully saturated rings. The first-order valence-corrected chi connectivity index (χ1v) is 5.47. The van der Waals surface area contributed by atoms with Crippen molar-refractivity contribution in [3.8, 4) is 0 Å². The van der Waals surface area contributed by atoms with Gasteiger partial charge in [-0.05, 0) is 5.56 Å². The highest BCUT2D eigenvalue weighted by atomic mass is 35.5. The number of halogens is 1. The fourth-order valence-electron chi connectivity index (χ4n) is 1.42. The summed E-state index contributed by atoms with van der Waals surface area (Å²) in [6.45, 7) is 2.42. The van der Waals surface area contributed by atoms with Gasteiger partial charge >= 0.3 is 0 Å². The number of hydrogen-bond donors (Lipinski definition) is 2. The maximum atomic E-state index is 11.4. The Labute approximate surface area is 107 Å². The molecule has 2 rings (SSSR count). The van der Waals surface area contributed by atoms with Crippen molar-refractivity contribution < 1.29 is 9.53 Å². The minimum atomic E-state index is -0.0595. The lowest BCUT2D eigenvalue weighted by Gasteiger charge is -2.26. The number of carbonyl (C=O) groups excluding carboxylic acids is 1. The molecule has 4 nitrogen and oxygen atoms in total. The molecule has 0 radical (unpaired) electrons. The van der Waals surface area contributed by atoms with Gasteiger partial charge in [-0.3, -0.25) is 4.79 Å². The van der Waals surface area contributed by atoms with Gasteiger partial charge in [-0.15, -0.1) is 12.4 Å². The number of benzene rings is 1. The predicted molar refractivity (Wildman–Crippen MR) is 68.1 cm³/mol. The molecule has 17 heavy (non-hydrogen) atoms. The summed E-state index contributed by atoms with van der Waals surface area (Å²) in [6, 6.07) is 9.84. The van der Waals surface area contributed by atoms with E-state index < -0.39 is 0 Å². The van der Waals surface area contributed by atoms with Gasteiger partial charge in [-0.25, -0.2) is 0 Å². The van der Waals surface area contributed by atoms with Gasteiger partial charge in [0.05, 0.1) is 6.10 Å². The maximum Gasteiger partial charge on any atom is 0.246 e. The van der Waals surface area contributed by atoms with Crippen LogP contribution in [0.4, 0.5) is 0 Å². The molecular formula is C12H17ClN2O2. The van der Waals surface area contributed by atoms with E-state index in [1.54, 1.807) is 0 Å². The molecule has 0 aromatic heterocycles. The number of ether oxygens (including phenoxy) is 1. The van der Waals surface area contributed by atoms with Crippen LogP contribution in [0.2, 0.25) is 0 Å². The van der Waals surface area contributed by atoms with E-state index >= 15 is 0 Å². The van der Waals surface area contributed by atoms with E-state index in [2.05, 4.69) is 10.6 Å². The first-order chi connectivity index (χ1) is 7.84. The molecule has 0 saturated carbocycles. The highest BCUT2D eigenvalue weighted by Gasteiger charge is 2.17. The minimum absolute atomic E-state index is 0. The van der Waals surface area contributed by atoms with Crippen LogP contribution < -0.4 is 10.6 Å². The molecular weight excluding hydrogens is 240 g/mol. The van der Waals surface area contributed by atoms with Crippen LogP contribution in [0.3, 0.4) is 0 Å². The first kappa shape index (κ1) is 14.0. The molecule has 1 aromatic carbocycles. The molecule has 1 amide bonds. The largest absolute Gasteiger partial charge is 0.366 e. The number of hydrogen-bond acceptors (Lipinski definition) is 3. The molecule has 94 valence electrons. The second kappa shape index (κ2) is 7.27. The van der Waals surface area contributed by atoms with Gasteiger partial charge < -0.3 is 15.4 Å². The molecule has 1 heterocycles. The molecule has 0 bridgehead atoms. The molecule has 0 spiro atoms. The van der Waals surface area contributed by atoms with E-state index in [0.717, 1.165) is 18.7 Å². The molecule has 0 atom stereocenters. The summed E-state index contributed by atoms with van der Waals surface area (Å²) in [7, 11) is 0. The van der Waals surface area contributed by atoms with Gasteiger partial charge in [0.25, 0.3) is 0 Å². The average molecular weight is 257 g/mol. The van der Waals surface area contributed by atoms with Crippen molar-refractivity contribution in [2.75, 3.05) is 19.7 Å². The summed E-state index contributed by atoms with van der Waals surface area (Å²) in [5, 5.41) is 5.90. The predicted octanol–water partition coefficient (Wildman–Crippen LogP) is 0.713. The van der Waals surface area contributed by atoms with E-state index in [1.165, 1.54) is 0 Å². The normalized spacial score (nSPS) is 14.6. The van der Waals surface area contributed by atoms with Gasteiger partial charge in [0.2, 0.25) is 5.91 Å². The Morgan fingerprint density at radius 3 is 2.65 bits per heavy atom. The summed E-state index contributed by atoms with van der Waals surface area (Å²) in [6.07, 6.45) is 0.211. The van der Waals surface area contributed by atoms with Crippen molar-refractivity contribution in [2.24, 2.45) is 0 Å². The van der Waals surface area contributed by atoms with Gasteiger partial charge in [0.1, 0.15) is 6.61 Å². The maximum absolute atomic E-state index is 11.4. The standard InChI is InChI=1S/C12H16N2O2.ClH/c15-12(9-16-11-7-13-8-11)14-6-10-4-2-1-3-5-10;/h1-5,11,13H,6-9H2,(H,14,15);1H. The molecule has 1 aromatic rings. The molecule has 1 aliphatic heterocycles. The Bertz CT molecular complexity index is 342. The highest BCUT2D eigenvalue weighted by molar-refractivity contribution is 5.85. The summed E-state index contributed by atoms with van der Waals surface area (Å²) in [5.74, 6) is -0.0595. The van der Waals surface area contributed by atoms with E-state index in [1.807, 2.05) is 30.3 Å². The van der Waals surface area contributed by atoms with Crippen LogP contribution >= 0.6 is 12.4 Å². The molecule has 0 unspecified atom stereocenters. The van der Waals surface area contributed by atoms with E-state index in [0.29, 0.717) is 6.54 Å². The van der Waals surface area contributed by atoms with E-state index in [-0.39, 0.29) is 31.0 Å². The Kier molecular flexibility index (Phi) is 5.97. The fraction of sp³-hybridized carbons (Fsp3) is 0.417. The lowest BCUT2D eigenvalue weighted by atomic mass is 10.2. The van der Waals surface area contributed by atoms with Crippen molar-refractivity contribution in [1.29, 1.82) is 0 Å². The number of amides is 1. The minimum Gasteiger partial charge on any atom is -0.366 e. The highest BCUT2D eigenvalue weighted by Crippen LogP contribution is 1.99. The van der Waals surface area contributed by atoms with E-state index in [9.17, 15) is 4.79 Å². The number of rotatable bonds is 5. The second-order valence-electron chi connectivity index (χ2n) is 3.85. The van der Waals surface area contributed by atoms with Gasteiger partial charge in [-0.2, -0.15) is 0 Å². The summed E-state index contributed by atoms with van der Waals surface area (Å²) in [4.78, 5) is 11.4. The van der Waals surface area contributed by atoms with Crippen LogP contribution in [0, 0.1) is 0 Å². The monoisotopic (exact) mass is 256 g/mol. The topological polar surface area (TPSA) is 50.4 Å². The SMILES string of the molecule is Cl.O=C(COC1CNC1)NCc1ccccc1. The summed E-state index contributed by atoms with van der Waals surface area (Å²) in [5.41, 5.74) is 1.10. The average Bonchev–Trinajstić information content (AvgIpc) is 2.26. The van der Waals surface area contributed by atoms with Crippen LogP contribution in [-0.2, 0) is 16.1 Å². The third kappa shape index (κ3) is 4.73. The Morgan fingerprint density at radius 2 is 2.06 bits per heavy atom. The summed E-state index contributed by atoms with van der Waals surface area (Å²) >= 11 is 0. The molecule has 5 heteroatoms. The van der Waals surface area contributed by atoms with Crippen LogP contribution in [0.5, 0.6) is 0 Å². The quantitative estimate of drug-likeness (QED) is 0.816. The van der Waals surface area contributed by atoms with Crippen molar-refractivity contribution >= 4 is 18.3 Å². The van der Waals surface area contributed by atoms with Gasteiger partial charge in [0.15, 0.2) is 0 Å². The number of carbonyl (C=O) groups is 1. The van der Waals surface area contributed by atoms with E-state index in [4.69, 9.17) is 4.74 Å². The van der Waals surface area contributed by atoms with Crippen molar-refractivity contribution in [3.05, 3.63) is 35.9 Å². The van der Waals surface area contributed by atoms with Crippen molar-refractivity contribution in [2.45, 2.75) is 12.6 Å². The van der Waals surface area contributed by atoms with Crippen molar-refractivity contribution in [1.82, 2.24) is 10.6 Å². The lowest BCUT2D eigenvalue weighted by Crippen LogP contribution is -2.49. The molecule has 1 saturated heterocycles. The third-order valence-corrected chi connectivity index (χ3v) is 2.53. The molecule has 2 N–H and O–H groups in total. The zero-order valence-electron chi connectivity index (χ0n) is 9.52.